The van der Waals surface area contributed by atoms with Crippen LogP contribution in [0.2, 0.25) is 0 Å². The van der Waals surface area contributed by atoms with Crippen molar-refractivity contribution >= 4 is 52.2 Å². The molecule has 0 aliphatic carbocycles. The molecule has 4 aromatic rings. The summed E-state index contributed by atoms with van der Waals surface area (Å²) in [4.78, 5) is 68.3. The van der Waals surface area contributed by atoms with Gasteiger partial charge in [-0.3, -0.25) is 43.9 Å². The zero-order valence-electron chi connectivity index (χ0n) is 26.4. The SMILES string of the molecule is CCn1nc(C)cc1C(=O)Nc1nc2cc(C(N)=O)cnc2n1C/C=C/CNc1c(OCCCC(=O)OC)cc(C(N)=O)cc1[N+](=O)[O-]. The van der Waals surface area contributed by atoms with Crippen LogP contribution in [0.25, 0.3) is 11.2 Å². The summed E-state index contributed by atoms with van der Waals surface area (Å²) in [5.74, 6) is -2.34. The number of pyridine rings is 1. The van der Waals surface area contributed by atoms with Gasteiger partial charge in [0, 0.05) is 43.9 Å². The normalized spacial score (nSPS) is 11.1. The molecule has 3 heterocycles. The number of nitrogens with zero attached hydrogens (tertiary/aromatic N) is 6. The Morgan fingerprint density at radius 1 is 1.08 bits per heavy atom. The largest absolute Gasteiger partial charge is 0.491 e. The Hall–Kier alpha value is -6.33. The third kappa shape index (κ3) is 8.08. The quantitative estimate of drug-likeness (QED) is 0.0443. The van der Waals surface area contributed by atoms with Crippen molar-refractivity contribution in [3.63, 3.8) is 0 Å². The number of carbonyl (C=O) groups is 4. The number of fused-ring (bicyclic) bond motifs is 1. The van der Waals surface area contributed by atoms with Crippen molar-refractivity contribution in [2.24, 2.45) is 11.5 Å². The van der Waals surface area contributed by atoms with Crippen molar-refractivity contribution in [1.82, 2.24) is 24.3 Å². The summed E-state index contributed by atoms with van der Waals surface area (Å²) >= 11 is 0. The number of allylic oxidation sites excluding steroid dienone is 1. The molecule has 0 atom stereocenters. The van der Waals surface area contributed by atoms with Gasteiger partial charge in [-0.2, -0.15) is 5.10 Å². The zero-order valence-corrected chi connectivity index (χ0v) is 26.4. The number of esters is 1. The number of amides is 3. The number of benzene rings is 1. The molecule has 6 N–H and O–H groups in total. The minimum atomic E-state index is -0.884. The lowest BCUT2D eigenvalue weighted by molar-refractivity contribution is -0.384. The third-order valence-electron chi connectivity index (χ3n) is 6.95. The van der Waals surface area contributed by atoms with Crippen molar-refractivity contribution in [3.8, 4) is 5.75 Å². The minimum Gasteiger partial charge on any atom is -0.491 e. The molecule has 0 aliphatic rings. The van der Waals surface area contributed by atoms with Crippen molar-refractivity contribution in [1.29, 1.82) is 0 Å². The van der Waals surface area contributed by atoms with Gasteiger partial charge >= 0.3 is 5.97 Å². The van der Waals surface area contributed by atoms with Gasteiger partial charge in [-0.1, -0.05) is 12.2 Å². The van der Waals surface area contributed by atoms with Crippen molar-refractivity contribution in [2.45, 2.75) is 39.8 Å². The Morgan fingerprint density at radius 2 is 1.83 bits per heavy atom. The number of methoxy groups -OCH3 is 1. The van der Waals surface area contributed by atoms with Crippen LogP contribution in [0.1, 0.15) is 56.7 Å². The smallest absolute Gasteiger partial charge is 0.305 e. The molecule has 48 heavy (non-hydrogen) atoms. The van der Waals surface area contributed by atoms with Crippen molar-refractivity contribution < 1.29 is 33.6 Å². The summed E-state index contributed by atoms with van der Waals surface area (Å²) in [5.41, 5.74) is 12.0. The average Bonchev–Trinajstić information content (AvgIpc) is 3.61. The molecule has 0 unspecified atom stereocenters. The number of nitrogens with two attached hydrogens (primary N) is 2. The number of imidazole rings is 1. The molecule has 18 nitrogen and oxygen atoms in total. The van der Waals surface area contributed by atoms with Gasteiger partial charge in [0.15, 0.2) is 11.3 Å². The van der Waals surface area contributed by atoms with Crippen molar-refractivity contribution in [3.05, 3.63) is 75.2 Å². The average molecular weight is 663 g/mol. The number of ether oxygens (including phenoxy) is 2. The van der Waals surface area contributed by atoms with Crippen LogP contribution in [0.5, 0.6) is 5.75 Å². The van der Waals surface area contributed by atoms with E-state index in [4.69, 9.17) is 16.2 Å². The predicted molar refractivity (Wildman–Crippen MR) is 173 cm³/mol. The van der Waals surface area contributed by atoms with Crippen LogP contribution in [0.15, 0.2) is 42.6 Å². The molecule has 0 bridgehead atoms. The van der Waals surface area contributed by atoms with E-state index in [-0.39, 0.29) is 61.1 Å². The molecule has 0 aliphatic heterocycles. The van der Waals surface area contributed by atoms with Crippen LogP contribution in [-0.4, -0.2) is 73.2 Å². The topological polar surface area (TPSA) is 255 Å². The number of anilines is 2. The van der Waals surface area contributed by atoms with Gasteiger partial charge in [0.05, 0.1) is 29.9 Å². The Bertz CT molecular complexity index is 1910. The first-order valence-corrected chi connectivity index (χ1v) is 14.7. The number of carbonyl (C=O) groups excluding carboxylic acids is 4. The van der Waals surface area contributed by atoms with Gasteiger partial charge < -0.3 is 26.3 Å². The fraction of sp³-hybridized carbons (Fsp3) is 0.300. The van der Waals surface area contributed by atoms with Gasteiger partial charge in [0.25, 0.3) is 11.6 Å². The summed E-state index contributed by atoms with van der Waals surface area (Å²) in [6, 6.07) is 5.43. The van der Waals surface area contributed by atoms with Crippen LogP contribution < -0.4 is 26.8 Å². The molecular formula is C30H34N10O8. The van der Waals surface area contributed by atoms with E-state index in [0.29, 0.717) is 29.1 Å². The van der Waals surface area contributed by atoms with Crippen LogP contribution in [0.4, 0.5) is 17.3 Å². The van der Waals surface area contributed by atoms with Crippen LogP contribution in [0, 0.1) is 17.0 Å². The maximum atomic E-state index is 13.2. The first kappa shape index (κ1) is 34.5. The summed E-state index contributed by atoms with van der Waals surface area (Å²) in [5, 5.41) is 21.9. The Morgan fingerprint density at radius 3 is 2.50 bits per heavy atom. The number of aryl methyl sites for hydroxylation is 2. The van der Waals surface area contributed by atoms with Gasteiger partial charge in [0.2, 0.25) is 17.8 Å². The fourth-order valence-electron chi connectivity index (χ4n) is 4.65. The van der Waals surface area contributed by atoms with E-state index in [9.17, 15) is 29.3 Å². The molecule has 0 spiro atoms. The number of hydrogen-bond donors (Lipinski definition) is 4. The molecule has 3 amide bonds. The molecule has 3 aromatic heterocycles. The highest BCUT2D eigenvalue weighted by Gasteiger charge is 2.23. The second-order valence-electron chi connectivity index (χ2n) is 10.3. The maximum absolute atomic E-state index is 13.2. The first-order chi connectivity index (χ1) is 22.9. The number of nitro benzene ring substituents is 1. The fourth-order valence-corrected chi connectivity index (χ4v) is 4.65. The Kier molecular flexibility index (Phi) is 11.0. The second kappa shape index (κ2) is 15.3. The van der Waals surface area contributed by atoms with Crippen LogP contribution >= 0.6 is 0 Å². The number of nitrogens with one attached hydrogen (secondary N) is 2. The predicted octanol–water partition coefficient (Wildman–Crippen LogP) is 2.31. The summed E-state index contributed by atoms with van der Waals surface area (Å²) < 4.78 is 13.5. The van der Waals surface area contributed by atoms with Gasteiger partial charge in [-0.15, -0.1) is 0 Å². The monoisotopic (exact) mass is 662 g/mol. The summed E-state index contributed by atoms with van der Waals surface area (Å²) in [6.07, 6.45) is 4.99. The summed E-state index contributed by atoms with van der Waals surface area (Å²) in [7, 11) is 1.26. The number of nitro groups is 1. The standard InChI is InChI=1S/C30H34N10O8/c1-4-39-22(12-17(2)37-39)29(44)36-30-35-20-13-19(27(32)43)16-34-28(20)38(30)10-6-5-9-33-25-21(40(45)46)14-18(26(31)42)15-23(25)48-11-7-8-24(41)47-3/h5-6,12-16,33H,4,7-11H2,1-3H3,(H2,31,42)(H2,32,43)(H,35,36,44)/b6-5+. The highest BCUT2D eigenvalue weighted by atomic mass is 16.6. The van der Waals surface area contributed by atoms with E-state index in [0.717, 1.165) is 6.07 Å². The highest BCUT2D eigenvalue weighted by molar-refractivity contribution is 6.03. The maximum Gasteiger partial charge on any atom is 0.305 e. The van der Waals surface area contributed by atoms with E-state index >= 15 is 0 Å². The Balaban J connectivity index is 1.57. The lowest BCUT2D eigenvalue weighted by Crippen LogP contribution is -2.20. The molecule has 0 radical (unpaired) electrons. The van der Waals surface area contributed by atoms with E-state index < -0.39 is 34.3 Å². The van der Waals surface area contributed by atoms with Crippen LogP contribution in [-0.2, 0) is 22.6 Å². The van der Waals surface area contributed by atoms with E-state index in [1.165, 1.54) is 25.4 Å². The lowest BCUT2D eigenvalue weighted by Gasteiger charge is -2.14. The molecule has 18 heteroatoms. The molecule has 0 fully saturated rings. The second-order valence-corrected chi connectivity index (χ2v) is 10.3. The molecule has 252 valence electrons. The lowest BCUT2D eigenvalue weighted by atomic mass is 10.1. The number of primary amides is 2. The number of hydrogen-bond acceptors (Lipinski definition) is 12. The molecule has 4 rings (SSSR count). The Labute approximate surface area is 273 Å². The van der Waals surface area contributed by atoms with E-state index in [2.05, 4.69) is 30.4 Å². The zero-order chi connectivity index (χ0) is 35.0. The number of aromatic nitrogens is 5. The first-order valence-electron chi connectivity index (χ1n) is 14.7. The molecule has 0 saturated heterocycles. The van der Waals surface area contributed by atoms with Gasteiger partial charge in [-0.05, 0) is 38.5 Å². The van der Waals surface area contributed by atoms with Crippen LogP contribution in [0.3, 0.4) is 0 Å². The molecular weight excluding hydrogens is 628 g/mol. The molecule has 1 aromatic carbocycles. The van der Waals surface area contributed by atoms with Gasteiger partial charge in [-0.25, -0.2) is 9.97 Å². The molecule has 0 saturated carbocycles. The number of rotatable bonds is 16. The summed E-state index contributed by atoms with van der Waals surface area (Å²) in [6.45, 7) is 4.31. The van der Waals surface area contributed by atoms with E-state index in [1.54, 1.807) is 34.4 Å². The third-order valence-corrected chi connectivity index (χ3v) is 6.95. The highest BCUT2D eigenvalue weighted by Crippen LogP contribution is 2.36. The minimum absolute atomic E-state index is 0.00196. The van der Waals surface area contributed by atoms with Crippen molar-refractivity contribution in [2.75, 3.05) is 30.9 Å². The van der Waals surface area contributed by atoms with E-state index in [1.807, 2.05) is 6.92 Å². The van der Waals surface area contributed by atoms with Gasteiger partial charge in [0.1, 0.15) is 17.0 Å².